The molecule has 0 bridgehead atoms. The van der Waals surface area contributed by atoms with Gasteiger partial charge in [-0.2, -0.15) is 11.3 Å². The van der Waals surface area contributed by atoms with Gasteiger partial charge in [0.25, 0.3) is 0 Å². The third-order valence-corrected chi connectivity index (χ3v) is 2.15. The maximum absolute atomic E-state index is 9.28. The van der Waals surface area contributed by atoms with Crippen molar-refractivity contribution in [3.63, 3.8) is 0 Å². The highest BCUT2D eigenvalue weighted by atomic mass is 32.1. The fraction of sp³-hybridized carbons (Fsp3) is 0.400. The molecule has 1 heterocycles. The fourth-order valence-corrected chi connectivity index (χ4v) is 1.44. The Morgan fingerprint density at radius 3 is 3.08 bits per heavy atom. The molecule has 64 valence electrons. The number of hydrogen-bond donors (Lipinski definition) is 1. The van der Waals surface area contributed by atoms with Crippen molar-refractivity contribution in [2.45, 2.75) is 25.9 Å². The molecule has 0 aliphatic rings. The smallest absolute Gasteiger partial charge is 0.115 e. The van der Waals surface area contributed by atoms with E-state index < -0.39 is 6.10 Å². The van der Waals surface area contributed by atoms with Gasteiger partial charge in [0, 0.05) is 10.9 Å². The molecule has 2 heteroatoms. The van der Waals surface area contributed by atoms with Crippen molar-refractivity contribution >= 4 is 11.3 Å². The Morgan fingerprint density at radius 1 is 1.67 bits per heavy atom. The minimum absolute atomic E-state index is 0.463. The first-order valence-electron chi connectivity index (χ1n) is 4.04. The molecule has 0 radical (unpaired) electrons. The van der Waals surface area contributed by atoms with Gasteiger partial charge in [0.2, 0.25) is 0 Å². The largest absolute Gasteiger partial charge is 0.380 e. The first-order chi connectivity index (χ1) is 5.83. The van der Waals surface area contributed by atoms with E-state index in [2.05, 4.69) is 11.8 Å². The molecule has 12 heavy (non-hydrogen) atoms. The summed E-state index contributed by atoms with van der Waals surface area (Å²) in [4.78, 5) is 0. The topological polar surface area (TPSA) is 20.2 Å². The quantitative estimate of drug-likeness (QED) is 0.692. The normalized spacial score (nSPS) is 11.8. The molecule has 1 nitrogen and oxygen atoms in total. The van der Waals surface area contributed by atoms with Crippen molar-refractivity contribution in [1.29, 1.82) is 0 Å². The van der Waals surface area contributed by atoms with Gasteiger partial charge in [-0.1, -0.05) is 25.2 Å². The van der Waals surface area contributed by atoms with Crippen LogP contribution in [0.15, 0.2) is 16.8 Å². The van der Waals surface area contributed by atoms with Crippen LogP contribution in [0.25, 0.3) is 0 Å². The summed E-state index contributed by atoms with van der Waals surface area (Å²) < 4.78 is 0. The van der Waals surface area contributed by atoms with Crippen molar-refractivity contribution in [3.8, 4) is 11.8 Å². The molecular formula is C10H12OS. The molecule has 0 spiro atoms. The zero-order valence-corrected chi connectivity index (χ0v) is 7.90. The first kappa shape index (κ1) is 9.31. The lowest BCUT2D eigenvalue weighted by molar-refractivity contribution is 0.221. The van der Waals surface area contributed by atoms with Crippen LogP contribution in [-0.4, -0.2) is 11.2 Å². The van der Waals surface area contributed by atoms with E-state index in [4.69, 9.17) is 0 Å². The SMILES string of the molecule is CCCC(O)C#Cc1ccsc1. The number of rotatable bonds is 2. The van der Waals surface area contributed by atoms with Gasteiger partial charge in [-0.25, -0.2) is 0 Å². The molecule has 0 aromatic carbocycles. The van der Waals surface area contributed by atoms with Crippen LogP contribution in [0.1, 0.15) is 25.3 Å². The van der Waals surface area contributed by atoms with Gasteiger partial charge < -0.3 is 5.11 Å². The highest BCUT2D eigenvalue weighted by Gasteiger charge is 1.94. The second-order valence-electron chi connectivity index (χ2n) is 2.59. The molecule has 0 aliphatic carbocycles. The van der Waals surface area contributed by atoms with Crippen LogP contribution >= 0.6 is 11.3 Å². The third-order valence-electron chi connectivity index (χ3n) is 1.47. The first-order valence-corrected chi connectivity index (χ1v) is 4.99. The monoisotopic (exact) mass is 180 g/mol. The zero-order chi connectivity index (χ0) is 8.81. The average Bonchev–Trinajstić information content (AvgIpc) is 2.53. The van der Waals surface area contributed by atoms with Crippen molar-refractivity contribution in [2.75, 3.05) is 0 Å². The van der Waals surface area contributed by atoms with Crippen molar-refractivity contribution in [2.24, 2.45) is 0 Å². The molecular weight excluding hydrogens is 168 g/mol. The Kier molecular flexibility index (Phi) is 3.86. The predicted octanol–water partition coefficient (Wildman–Crippen LogP) is 2.26. The molecule has 0 saturated heterocycles. The molecule has 1 rings (SSSR count). The van der Waals surface area contributed by atoms with Crippen LogP contribution in [0.3, 0.4) is 0 Å². The lowest BCUT2D eigenvalue weighted by Crippen LogP contribution is -2.00. The summed E-state index contributed by atoms with van der Waals surface area (Å²) in [6.45, 7) is 2.04. The number of aliphatic hydroxyl groups excluding tert-OH is 1. The van der Waals surface area contributed by atoms with Crippen LogP contribution in [0, 0.1) is 11.8 Å². The van der Waals surface area contributed by atoms with Gasteiger partial charge in [0.1, 0.15) is 6.10 Å². The summed E-state index contributed by atoms with van der Waals surface area (Å²) in [6, 6.07) is 1.95. The lowest BCUT2D eigenvalue weighted by atomic mass is 10.2. The second-order valence-corrected chi connectivity index (χ2v) is 3.37. The van der Waals surface area contributed by atoms with Crippen molar-refractivity contribution < 1.29 is 5.11 Å². The minimum atomic E-state index is -0.463. The second kappa shape index (κ2) is 4.97. The Balaban J connectivity index is 2.48. The molecule has 0 saturated carbocycles. The van der Waals surface area contributed by atoms with Crippen LogP contribution in [-0.2, 0) is 0 Å². The molecule has 1 aromatic rings. The molecule has 1 N–H and O–H groups in total. The Bertz CT molecular complexity index is 266. The van der Waals surface area contributed by atoms with Gasteiger partial charge in [-0.05, 0) is 17.9 Å². The third kappa shape index (κ3) is 3.08. The lowest BCUT2D eigenvalue weighted by Gasteiger charge is -1.96. The van der Waals surface area contributed by atoms with Crippen molar-refractivity contribution in [3.05, 3.63) is 22.4 Å². The zero-order valence-electron chi connectivity index (χ0n) is 7.08. The van der Waals surface area contributed by atoms with E-state index in [0.29, 0.717) is 0 Å². The molecule has 1 atom stereocenters. The molecule has 1 unspecified atom stereocenters. The van der Waals surface area contributed by atoms with Gasteiger partial charge in [0.05, 0.1) is 0 Å². The van der Waals surface area contributed by atoms with Gasteiger partial charge in [-0.3, -0.25) is 0 Å². The van der Waals surface area contributed by atoms with E-state index in [1.54, 1.807) is 11.3 Å². The molecule has 0 aliphatic heterocycles. The van der Waals surface area contributed by atoms with Gasteiger partial charge in [0.15, 0.2) is 0 Å². The van der Waals surface area contributed by atoms with Crippen LogP contribution in [0.2, 0.25) is 0 Å². The Morgan fingerprint density at radius 2 is 2.50 bits per heavy atom. The average molecular weight is 180 g/mol. The van der Waals surface area contributed by atoms with E-state index in [1.165, 1.54) is 0 Å². The van der Waals surface area contributed by atoms with E-state index >= 15 is 0 Å². The molecule has 1 aromatic heterocycles. The molecule has 0 fully saturated rings. The predicted molar refractivity (Wildman–Crippen MR) is 52.1 cm³/mol. The van der Waals surface area contributed by atoms with Crippen LogP contribution in [0.5, 0.6) is 0 Å². The van der Waals surface area contributed by atoms with Crippen LogP contribution < -0.4 is 0 Å². The summed E-state index contributed by atoms with van der Waals surface area (Å²) in [5.74, 6) is 5.72. The number of hydrogen-bond acceptors (Lipinski definition) is 2. The highest BCUT2D eigenvalue weighted by Crippen LogP contribution is 2.03. The summed E-state index contributed by atoms with van der Waals surface area (Å²) >= 11 is 1.62. The maximum Gasteiger partial charge on any atom is 0.115 e. The highest BCUT2D eigenvalue weighted by molar-refractivity contribution is 7.08. The Hall–Kier alpha value is -0.780. The van der Waals surface area contributed by atoms with Crippen molar-refractivity contribution in [1.82, 2.24) is 0 Å². The van der Waals surface area contributed by atoms with E-state index in [1.807, 2.05) is 23.8 Å². The van der Waals surface area contributed by atoms with Gasteiger partial charge >= 0.3 is 0 Å². The summed E-state index contributed by atoms with van der Waals surface area (Å²) in [6.07, 6.45) is 1.27. The van der Waals surface area contributed by atoms with E-state index in [9.17, 15) is 5.11 Å². The standard InChI is InChI=1S/C10H12OS/c1-2-3-10(11)5-4-9-6-7-12-8-9/h6-8,10-11H,2-3H2,1H3. The Labute approximate surface area is 77.1 Å². The maximum atomic E-state index is 9.28. The van der Waals surface area contributed by atoms with E-state index in [0.717, 1.165) is 18.4 Å². The van der Waals surface area contributed by atoms with E-state index in [-0.39, 0.29) is 0 Å². The minimum Gasteiger partial charge on any atom is -0.380 e. The summed E-state index contributed by atoms with van der Waals surface area (Å²) in [5, 5.41) is 13.2. The van der Waals surface area contributed by atoms with Crippen LogP contribution in [0.4, 0.5) is 0 Å². The fourth-order valence-electron chi connectivity index (χ4n) is 0.848. The molecule has 0 amide bonds. The number of aliphatic hydroxyl groups is 1. The number of thiophene rings is 1. The van der Waals surface area contributed by atoms with Gasteiger partial charge in [-0.15, -0.1) is 0 Å². The summed E-state index contributed by atoms with van der Waals surface area (Å²) in [7, 11) is 0. The summed E-state index contributed by atoms with van der Waals surface area (Å²) in [5.41, 5.74) is 0.996.